The maximum Gasteiger partial charge on any atom is 0.419 e. The van der Waals surface area contributed by atoms with Crippen molar-refractivity contribution in [2.45, 2.75) is 31.1 Å². The van der Waals surface area contributed by atoms with Crippen LogP contribution in [0.2, 0.25) is 0 Å². The van der Waals surface area contributed by atoms with Gasteiger partial charge in [-0.1, -0.05) is 0 Å². The van der Waals surface area contributed by atoms with E-state index in [-0.39, 0.29) is 23.3 Å². The summed E-state index contributed by atoms with van der Waals surface area (Å²) in [6.07, 6.45) is -3.47. The van der Waals surface area contributed by atoms with Gasteiger partial charge in [0.05, 0.1) is 18.7 Å². The highest BCUT2D eigenvalue weighted by molar-refractivity contribution is 6.34. The zero-order chi connectivity index (χ0) is 19.9. The Hall–Kier alpha value is -2.78. The summed E-state index contributed by atoms with van der Waals surface area (Å²) in [6.45, 7) is 0.388. The summed E-state index contributed by atoms with van der Waals surface area (Å²) < 4.78 is 44.1. The molecule has 2 aliphatic rings. The summed E-state index contributed by atoms with van der Waals surface area (Å²) in [4.78, 5) is 36.8. The van der Waals surface area contributed by atoms with Crippen LogP contribution in [0.5, 0.6) is 5.75 Å². The van der Waals surface area contributed by atoms with Crippen LogP contribution in [0.1, 0.15) is 28.8 Å². The fourth-order valence-electron chi connectivity index (χ4n) is 3.88. The highest BCUT2D eigenvalue weighted by Crippen LogP contribution is 2.39. The van der Waals surface area contributed by atoms with Gasteiger partial charge in [0.1, 0.15) is 5.75 Å². The smallest absolute Gasteiger partial charge is 0.419 e. The molecule has 1 aromatic carbocycles. The number of nitrogens with zero attached hydrogens (tertiary/aromatic N) is 1. The number of alkyl halides is 3. The number of carbonyl (C=O) groups excluding carboxylic acids is 3. The molecule has 2 fully saturated rings. The Labute approximate surface area is 152 Å². The van der Waals surface area contributed by atoms with Gasteiger partial charge in [0.15, 0.2) is 0 Å². The van der Waals surface area contributed by atoms with Crippen molar-refractivity contribution < 1.29 is 32.3 Å². The number of ether oxygens (including phenoxy) is 1. The van der Waals surface area contributed by atoms with Gasteiger partial charge in [0.2, 0.25) is 0 Å². The van der Waals surface area contributed by atoms with E-state index in [1.54, 1.807) is 0 Å². The van der Waals surface area contributed by atoms with Crippen LogP contribution >= 0.6 is 0 Å². The van der Waals surface area contributed by atoms with Gasteiger partial charge in [-0.05, 0) is 37.0 Å². The van der Waals surface area contributed by atoms with Gasteiger partial charge < -0.3 is 20.7 Å². The van der Waals surface area contributed by atoms with Crippen molar-refractivity contribution in [2.75, 3.05) is 13.7 Å². The number of rotatable bonds is 3. The molecule has 2 bridgehead atoms. The summed E-state index contributed by atoms with van der Waals surface area (Å²) in [5, 5.41) is 2.67. The van der Waals surface area contributed by atoms with Gasteiger partial charge in [-0.25, -0.2) is 0 Å². The van der Waals surface area contributed by atoms with E-state index >= 15 is 0 Å². The van der Waals surface area contributed by atoms with Crippen molar-refractivity contribution in [3.8, 4) is 5.75 Å². The summed E-state index contributed by atoms with van der Waals surface area (Å²) in [5.74, 6) is -2.84. The van der Waals surface area contributed by atoms with Crippen LogP contribution in [-0.4, -0.2) is 48.4 Å². The minimum atomic E-state index is -4.67. The molecule has 0 unspecified atom stereocenters. The van der Waals surface area contributed by atoms with Crippen LogP contribution in [0, 0.1) is 5.92 Å². The number of halogens is 3. The topological polar surface area (TPSA) is 102 Å². The number of amides is 3. The second-order valence-corrected chi connectivity index (χ2v) is 6.72. The van der Waals surface area contributed by atoms with E-state index in [1.165, 1.54) is 11.0 Å². The minimum absolute atomic E-state index is 0.116. The molecule has 1 saturated heterocycles. The molecule has 0 aromatic heterocycles. The molecule has 27 heavy (non-hydrogen) atoms. The van der Waals surface area contributed by atoms with E-state index in [1.807, 2.05) is 0 Å². The monoisotopic (exact) mass is 385 g/mol. The Kier molecular flexibility index (Phi) is 4.75. The second-order valence-electron chi connectivity index (χ2n) is 6.72. The number of likely N-dealkylation sites (tertiary alicyclic amines) is 1. The van der Waals surface area contributed by atoms with Crippen LogP contribution < -0.4 is 15.8 Å². The first-order valence-corrected chi connectivity index (χ1v) is 8.28. The van der Waals surface area contributed by atoms with Crippen LogP contribution in [0.15, 0.2) is 18.2 Å². The Morgan fingerprint density at radius 2 is 1.96 bits per heavy atom. The first kappa shape index (κ1) is 19.0. The Morgan fingerprint density at radius 3 is 2.52 bits per heavy atom. The summed E-state index contributed by atoms with van der Waals surface area (Å²) in [5.41, 5.74) is 3.82. The van der Waals surface area contributed by atoms with Crippen molar-refractivity contribution in [3.05, 3.63) is 29.3 Å². The molecule has 0 radical (unpaired) electrons. The maximum atomic E-state index is 13.1. The van der Waals surface area contributed by atoms with Crippen LogP contribution in [-0.2, 0) is 15.8 Å². The quantitative estimate of drug-likeness (QED) is 0.756. The largest absolute Gasteiger partial charge is 0.496 e. The zero-order valence-electron chi connectivity index (χ0n) is 14.4. The number of piperidine rings is 1. The molecular weight excluding hydrogens is 367 g/mol. The lowest BCUT2D eigenvalue weighted by molar-refractivity contribution is -0.145. The molecule has 3 atom stereocenters. The summed E-state index contributed by atoms with van der Waals surface area (Å²) in [6, 6.07) is 2.22. The lowest BCUT2D eigenvalue weighted by atomic mass is 10.0. The van der Waals surface area contributed by atoms with Crippen LogP contribution in [0.4, 0.5) is 13.2 Å². The van der Waals surface area contributed by atoms with Gasteiger partial charge in [0, 0.05) is 18.2 Å². The average Bonchev–Trinajstić information content (AvgIpc) is 3.19. The number of fused-ring (bicyclic) bond motifs is 2. The van der Waals surface area contributed by atoms with Crippen LogP contribution in [0.25, 0.3) is 0 Å². The SMILES string of the molecule is COc1ccc(C(=O)N[C@@H]2C[C@@H]3C[C@H]2N(C(=O)C(N)=O)C3)cc1C(F)(F)F. The number of hydrogen-bond acceptors (Lipinski definition) is 4. The number of primary amides is 1. The third-order valence-corrected chi connectivity index (χ3v) is 5.04. The lowest BCUT2D eigenvalue weighted by Gasteiger charge is -2.32. The molecule has 3 amide bonds. The Balaban J connectivity index is 1.76. The molecule has 1 aromatic rings. The van der Waals surface area contributed by atoms with Crippen molar-refractivity contribution >= 4 is 17.7 Å². The van der Waals surface area contributed by atoms with E-state index in [0.717, 1.165) is 19.2 Å². The average molecular weight is 385 g/mol. The predicted molar refractivity (Wildman–Crippen MR) is 86.7 cm³/mol. The minimum Gasteiger partial charge on any atom is -0.496 e. The van der Waals surface area contributed by atoms with Crippen LogP contribution in [0.3, 0.4) is 0 Å². The number of nitrogens with one attached hydrogen (secondary N) is 1. The molecule has 1 heterocycles. The number of methoxy groups -OCH3 is 1. The molecule has 0 spiro atoms. The Bertz CT molecular complexity index is 796. The second kappa shape index (κ2) is 6.75. The van der Waals surface area contributed by atoms with Gasteiger partial charge in [-0.2, -0.15) is 13.2 Å². The maximum absolute atomic E-state index is 13.1. The molecule has 7 nitrogen and oxygen atoms in total. The van der Waals surface area contributed by atoms with E-state index in [2.05, 4.69) is 5.32 Å². The van der Waals surface area contributed by atoms with Gasteiger partial charge in [-0.3, -0.25) is 14.4 Å². The molecule has 146 valence electrons. The summed E-state index contributed by atoms with van der Waals surface area (Å²) >= 11 is 0. The number of nitrogens with two attached hydrogens (primary N) is 1. The van der Waals surface area contributed by atoms with Crippen molar-refractivity contribution in [1.29, 1.82) is 0 Å². The lowest BCUT2D eigenvalue weighted by Crippen LogP contribution is -2.54. The third kappa shape index (κ3) is 3.56. The van der Waals surface area contributed by atoms with E-state index in [4.69, 9.17) is 10.5 Å². The molecule has 1 aliphatic carbocycles. The number of benzene rings is 1. The first-order chi connectivity index (χ1) is 12.6. The number of carbonyl (C=O) groups is 3. The van der Waals surface area contributed by atoms with Gasteiger partial charge >= 0.3 is 18.0 Å². The highest BCUT2D eigenvalue weighted by Gasteiger charge is 2.48. The van der Waals surface area contributed by atoms with Gasteiger partial charge in [0.25, 0.3) is 5.91 Å². The standard InChI is InChI=1S/C17H18F3N3O4/c1-27-13-3-2-9(6-10(13)17(18,19)20)15(25)22-11-4-8-5-12(11)23(7-8)16(26)14(21)24/h2-3,6,8,11-12H,4-5,7H2,1H3,(H2,21,24)(H,22,25)/t8-,11-,12-/m1/s1. The third-order valence-electron chi connectivity index (χ3n) is 5.04. The normalized spacial score (nSPS) is 24.0. The number of hydrogen-bond donors (Lipinski definition) is 2. The molecular formula is C17H18F3N3O4. The van der Waals surface area contributed by atoms with E-state index in [9.17, 15) is 27.6 Å². The molecule has 3 rings (SSSR count). The molecule has 3 N–H and O–H groups in total. The van der Waals surface area contributed by atoms with Crippen molar-refractivity contribution in [1.82, 2.24) is 10.2 Å². The van der Waals surface area contributed by atoms with E-state index in [0.29, 0.717) is 19.4 Å². The predicted octanol–water partition coefficient (Wildman–Crippen LogP) is 0.918. The van der Waals surface area contributed by atoms with Crippen molar-refractivity contribution in [3.63, 3.8) is 0 Å². The fourth-order valence-corrected chi connectivity index (χ4v) is 3.88. The fraction of sp³-hybridized carbons (Fsp3) is 0.471. The van der Waals surface area contributed by atoms with Crippen molar-refractivity contribution in [2.24, 2.45) is 11.7 Å². The Morgan fingerprint density at radius 1 is 1.26 bits per heavy atom. The summed E-state index contributed by atoms with van der Waals surface area (Å²) in [7, 11) is 1.11. The molecule has 10 heteroatoms. The zero-order valence-corrected chi connectivity index (χ0v) is 14.4. The molecule has 1 saturated carbocycles. The van der Waals surface area contributed by atoms with Gasteiger partial charge in [-0.15, -0.1) is 0 Å². The first-order valence-electron chi connectivity index (χ1n) is 8.28. The molecule has 1 aliphatic heterocycles. The highest BCUT2D eigenvalue weighted by atomic mass is 19.4. The van der Waals surface area contributed by atoms with E-state index < -0.39 is 35.5 Å².